The van der Waals surface area contributed by atoms with Gasteiger partial charge in [0.25, 0.3) is 0 Å². The molecule has 0 bridgehead atoms. The van der Waals surface area contributed by atoms with Crippen LogP contribution in [0, 0.1) is 0 Å². The molecule has 346 valence electrons. The van der Waals surface area contributed by atoms with Gasteiger partial charge in [0, 0.05) is 32.8 Å². The Bertz CT molecular complexity index is 4390. The van der Waals surface area contributed by atoms with Crippen LogP contribution in [0.4, 0.5) is 0 Å². The predicted octanol–water partition coefficient (Wildman–Crippen LogP) is 19.5. The van der Waals surface area contributed by atoms with Gasteiger partial charge in [0.2, 0.25) is 0 Å². The molecular formula is C72H48N2. The Hall–Kier alpha value is -9.76. The lowest BCUT2D eigenvalue weighted by molar-refractivity contribution is 1.18. The van der Waals surface area contributed by atoms with Crippen molar-refractivity contribution in [3.8, 4) is 89.3 Å². The van der Waals surface area contributed by atoms with E-state index in [-0.39, 0.29) is 0 Å². The molecule has 2 heteroatoms. The minimum atomic E-state index is 1.14. The van der Waals surface area contributed by atoms with E-state index in [0.29, 0.717) is 0 Å². The van der Waals surface area contributed by atoms with Crippen molar-refractivity contribution in [2.45, 2.75) is 0 Å². The van der Waals surface area contributed by atoms with Gasteiger partial charge in [0.1, 0.15) is 0 Å². The second kappa shape index (κ2) is 18.1. The van der Waals surface area contributed by atoms with Crippen molar-refractivity contribution in [1.82, 2.24) is 9.13 Å². The van der Waals surface area contributed by atoms with Gasteiger partial charge < -0.3 is 9.13 Å². The molecule has 2 nitrogen and oxygen atoms in total. The maximum Gasteiger partial charge on any atom is 0.0541 e. The molecule has 2 heterocycles. The first-order chi connectivity index (χ1) is 36.7. The molecule has 74 heavy (non-hydrogen) atoms. The summed E-state index contributed by atoms with van der Waals surface area (Å²) >= 11 is 0. The number of para-hydroxylation sites is 3. The zero-order valence-electron chi connectivity index (χ0n) is 40.6. The van der Waals surface area contributed by atoms with E-state index >= 15 is 0 Å². The van der Waals surface area contributed by atoms with E-state index < -0.39 is 0 Å². The zero-order valence-corrected chi connectivity index (χ0v) is 40.6. The van der Waals surface area contributed by atoms with Crippen LogP contribution < -0.4 is 0 Å². The number of fused-ring (bicyclic) bond motifs is 6. The molecule has 0 aliphatic rings. The first-order valence-electron chi connectivity index (χ1n) is 25.5. The van der Waals surface area contributed by atoms with Crippen LogP contribution in [0.2, 0.25) is 0 Å². The van der Waals surface area contributed by atoms with Gasteiger partial charge >= 0.3 is 0 Å². The smallest absolute Gasteiger partial charge is 0.0541 e. The lowest BCUT2D eigenvalue weighted by atomic mass is 9.95. The molecule has 0 N–H and O–H groups in total. The third kappa shape index (κ3) is 7.60. The fourth-order valence-electron chi connectivity index (χ4n) is 11.3. The normalized spacial score (nSPS) is 11.5. The third-order valence-electron chi connectivity index (χ3n) is 14.9. The fraction of sp³-hybridized carbons (Fsp3) is 0. The lowest BCUT2D eigenvalue weighted by Gasteiger charge is -2.14. The molecule has 0 atom stereocenters. The van der Waals surface area contributed by atoms with Gasteiger partial charge in [-0.15, -0.1) is 0 Å². The van der Waals surface area contributed by atoms with Gasteiger partial charge in [-0.05, 0) is 145 Å². The summed E-state index contributed by atoms with van der Waals surface area (Å²) in [6.45, 7) is 0. The van der Waals surface area contributed by atoms with Crippen molar-refractivity contribution >= 4 is 43.6 Å². The predicted molar refractivity (Wildman–Crippen MR) is 313 cm³/mol. The molecule has 2 aromatic heterocycles. The second-order valence-electron chi connectivity index (χ2n) is 19.3. The van der Waals surface area contributed by atoms with E-state index in [4.69, 9.17) is 0 Å². The highest BCUT2D eigenvalue weighted by Gasteiger charge is 2.18. The van der Waals surface area contributed by atoms with Crippen LogP contribution in [0.25, 0.3) is 133 Å². The highest BCUT2D eigenvalue weighted by molar-refractivity contribution is 6.13. The van der Waals surface area contributed by atoms with Crippen LogP contribution in [0.5, 0.6) is 0 Å². The quantitative estimate of drug-likeness (QED) is 0.136. The van der Waals surface area contributed by atoms with E-state index in [1.807, 2.05) is 0 Å². The number of nitrogens with zero attached hydrogens (tertiary/aromatic N) is 2. The molecule has 0 spiro atoms. The Morgan fingerprint density at radius 1 is 0.176 bits per heavy atom. The summed E-state index contributed by atoms with van der Waals surface area (Å²) < 4.78 is 4.84. The van der Waals surface area contributed by atoms with Crippen molar-refractivity contribution in [1.29, 1.82) is 0 Å². The van der Waals surface area contributed by atoms with Crippen molar-refractivity contribution in [2.75, 3.05) is 0 Å². The van der Waals surface area contributed by atoms with Gasteiger partial charge in [-0.1, -0.05) is 218 Å². The number of benzene rings is 12. The minimum absolute atomic E-state index is 1.14. The van der Waals surface area contributed by atoms with Crippen LogP contribution in [0.3, 0.4) is 0 Å². The Morgan fingerprint density at radius 3 is 1.01 bits per heavy atom. The number of rotatable bonds is 9. The van der Waals surface area contributed by atoms with Crippen LogP contribution in [-0.4, -0.2) is 9.13 Å². The van der Waals surface area contributed by atoms with E-state index in [2.05, 4.69) is 300 Å². The third-order valence-corrected chi connectivity index (χ3v) is 14.9. The number of hydrogen-bond acceptors (Lipinski definition) is 0. The summed E-state index contributed by atoms with van der Waals surface area (Å²) in [6, 6.07) is 106. The summed E-state index contributed by atoms with van der Waals surface area (Å²) in [5, 5.41) is 4.96. The Kier molecular flexibility index (Phi) is 10.6. The first kappa shape index (κ1) is 43.1. The summed E-state index contributed by atoms with van der Waals surface area (Å²) in [5.74, 6) is 0. The molecule has 12 aromatic carbocycles. The van der Waals surface area contributed by atoms with E-state index in [9.17, 15) is 0 Å². The van der Waals surface area contributed by atoms with Crippen molar-refractivity contribution < 1.29 is 0 Å². The SMILES string of the molecule is c1ccc(-c2cccc(-c3cccc(-c4ccc(-c5cccc(-c6ccc(-n7c8ccccc8c8cc(-c9ccc%10c(c9)c9ccccc9n%10-c9ccccc9-c9ccccc9)ccc87)cc6)c5)cc4)c3)c2)cc1. The summed E-state index contributed by atoms with van der Waals surface area (Å²) in [6.07, 6.45) is 0. The summed E-state index contributed by atoms with van der Waals surface area (Å²) in [4.78, 5) is 0. The summed E-state index contributed by atoms with van der Waals surface area (Å²) in [7, 11) is 0. The molecule has 14 rings (SSSR count). The van der Waals surface area contributed by atoms with Crippen LogP contribution in [0.15, 0.2) is 291 Å². The van der Waals surface area contributed by atoms with Gasteiger partial charge in [-0.25, -0.2) is 0 Å². The number of hydrogen-bond donors (Lipinski definition) is 0. The molecule has 0 unspecified atom stereocenters. The Labute approximate surface area is 431 Å². The lowest BCUT2D eigenvalue weighted by Crippen LogP contribution is -1.97. The van der Waals surface area contributed by atoms with Crippen molar-refractivity contribution in [3.63, 3.8) is 0 Å². The molecule has 0 fully saturated rings. The minimum Gasteiger partial charge on any atom is -0.309 e. The van der Waals surface area contributed by atoms with Crippen LogP contribution >= 0.6 is 0 Å². The molecule has 0 saturated heterocycles. The highest BCUT2D eigenvalue weighted by atomic mass is 15.0. The standard InChI is InChI=1S/C72H48N2/c1-3-16-49(17-4-1)54-20-14-24-58(45-54)59-25-15-23-57(46-59)51-34-32-50(33-35-51)55-21-13-22-56(44-55)52-36-40-62(41-37-52)73-69-30-11-8-27-64(69)66-47-60(38-42-71(66)73)61-39-43-72-67(48-61)65-28-9-12-31-70(65)74(72)68-29-10-7-26-63(68)53-18-5-2-6-19-53/h1-48H. The van der Waals surface area contributed by atoms with E-state index in [1.165, 1.54) is 127 Å². The molecule has 14 aromatic rings. The van der Waals surface area contributed by atoms with Gasteiger partial charge in [-0.3, -0.25) is 0 Å². The average Bonchev–Trinajstić information content (AvgIpc) is 4.00. The number of aromatic nitrogens is 2. The van der Waals surface area contributed by atoms with Crippen LogP contribution in [-0.2, 0) is 0 Å². The van der Waals surface area contributed by atoms with Gasteiger partial charge in [0.05, 0.1) is 27.8 Å². The molecule has 0 radical (unpaired) electrons. The largest absolute Gasteiger partial charge is 0.309 e. The maximum absolute atomic E-state index is 2.43. The maximum atomic E-state index is 2.43. The van der Waals surface area contributed by atoms with Gasteiger partial charge in [0.15, 0.2) is 0 Å². The van der Waals surface area contributed by atoms with E-state index in [1.54, 1.807) is 0 Å². The van der Waals surface area contributed by atoms with Crippen LogP contribution in [0.1, 0.15) is 0 Å². The van der Waals surface area contributed by atoms with Gasteiger partial charge in [-0.2, -0.15) is 0 Å². The summed E-state index contributed by atoms with van der Waals surface area (Å²) in [5.41, 5.74) is 23.9. The van der Waals surface area contributed by atoms with Crippen molar-refractivity contribution in [2.24, 2.45) is 0 Å². The van der Waals surface area contributed by atoms with E-state index in [0.717, 1.165) is 5.69 Å². The first-order valence-corrected chi connectivity index (χ1v) is 25.5. The molecule has 0 aliphatic heterocycles. The Morgan fingerprint density at radius 2 is 0.500 bits per heavy atom. The monoisotopic (exact) mass is 940 g/mol. The Balaban J connectivity index is 0.753. The van der Waals surface area contributed by atoms with Crippen molar-refractivity contribution in [3.05, 3.63) is 291 Å². The average molecular weight is 941 g/mol. The highest BCUT2D eigenvalue weighted by Crippen LogP contribution is 2.41. The fourth-order valence-corrected chi connectivity index (χ4v) is 11.3. The molecule has 0 aliphatic carbocycles. The molecular weight excluding hydrogens is 893 g/mol. The zero-order chi connectivity index (χ0) is 49.0. The second-order valence-corrected chi connectivity index (χ2v) is 19.3. The topological polar surface area (TPSA) is 9.86 Å². The molecule has 0 saturated carbocycles. The molecule has 0 amide bonds.